The van der Waals surface area contributed by atoms with Crippen LogP contribution in [0.15, 0.2) is 22.8 Å². The van der Waals surface area contributed by atoms with Gasteiger partial charge in [0.2, 0.25) is 0 Å². The van der Waals surface area contributed by atoms with Crippen LogP contribution in [0.3, 0.4) is 0 Å². The van der Waals surface area contributed by atoms with Crippen LogP contribution in [-0.4, -0.2) is 37.4 Å². The van der Waals surface area contributed by atoms with Crippen molar-refractivity contribution in [3.8, 4) is 0 Å². The number of carbonyl (C=O) groups excluding carboxylic acids is 1. The van der Waals surface area contributed by atoms with Crippen molar-refractivity contribution in [1.82, 2.24) is 10.6 Å². The van der Waals surface area contributed by atoms with E-state index in [0.29, 0.717) is 25.9 Å². The maximum absolute atomic E-state index is 11.8. The zero-order valence-electron chi connectivity index (χ0n) is 12.0. The first-order chi connectivity index (χ1) is 10.3. The molecule has 2 amide bonds. The van der Waals surface area contributed by atoms with Crippen LogP contribution in [0, 0.1) is 0 Å². The first-order valence-corrected chi connectivity index (χ1v) is 7.61. The zero-order valence-corrected chi connectivity index (χ0v) is 12.0. The summed E-state index contributed by atoms with van der Waals surface area (Å²) in [4.78, 5) is 11.8. The number of amides is 2. The molecule has 3 rings (SSSR count). The molecule has 1 aromatic heterocycles. The van der Waals surface area contributed by atoms with Gasteiger partial charge in [0.25, 0.3) is 0 Å². The summed E-state index contributed by atoms with van der Waals surface area (Å²) in [5.41, 5.74) is 0. The van der Waals surface area contributed by atoms with Gasteiger partial charge in [0.1, 0.15) is 12.4 Å². The Labute approximate surface area is 124 Å². The monoisotopic (exact) mass is 294 g/mol. The topological polar surface area (TPSA) is 72.7 Å². The molecule has 0 spiro atoms. The Morgan fingerprint density at radius 1 is 1.43 bits per heavy atom. The smallest absolute Gasteiger partial charge is 0.315 e. The average Bonchev–Trinajstić information content (AvgIpc) is 3.19. The lowest BCUT2D eigenvalue weighted by molar-refractivity contribution is 0.0977. The minimum absolute atomic E-state index is 0.109. The van der Waals surface area contributed by atoms with Crippen molar-refractivity contribution in [2.45, 2.75) is 50.5 Å². The molecule has 1 aromatic rings. The zero-order chi connectivity index (χ0) is 14.5. The minimum atomic E-state index is -0.109. The number of carbonyl (C=O) groups is 1. The quantitative estimate of drug-likeness (QED) is 0.752. The summed E-state index contributed by atoms with van der Waals surface area (Å²) in [5, 5.41) is 5.85. The van der Waals surface area contributed by atoms with Crippen molar-refractivity contribution < 1.29 is 18.7 Å². The predicted molar refractivity (Wildman–Crippen MR) is 75.8 cm³/mol. The van der Waals surface area contributed by atoms with Gasteiger partial charge >= 0.3 is 6.03 Å². The molecule has 0 radical (unpaired) electrons. The number of fused-ring (bicyclic) bond motifs is 2. The Balaban J connectivity index is 1.22. The van der Waals surface area contributed by atoms with Crippen molar-refractivity contribution in [1.29, 1.82) is 0 Å². The second-order valence-corrected chi connectivity index (χ2v) is 5.60. The van der Waals surface area contributed by atoms with Crippen LogP contribution >= 0.6 is 0 Å². The lowest BCUT2D eigenvalue weighted by Gasteiger charge is -2.20. The maximum atomic E-state index is 11.8. The van der Waals surface area contributed by atoms with E-state index in [1.807, 2.05) is 12.1 Å². The van der Waals surface area contributed by atoms with Gasteiger partial charge in [-0.3, -0.25) is 0 Å². The summed E-state index contributed by atoms with van der Waals surface area (Å²) in [7, 11) is 0. The lowest BCUT2D eigenvalue weighted by Crippen LogP contribution is -2.46. The predicted octanol–water partition coefficient (Wildman–Crippen LogP) is 1.81. The molecule has 3 heterocycles. The highest BCUT2D eigenvalue weighted by Crippen LogP contribution is 2.34. The summed E-state index contributed by atoms with van der Waals surface area (Å²) in [6.07, 6.45) is 6.14. The highest BCUT2D eigenvalue weighted by atomic mass is 16.5. The number of nitrogens with one attached hydrogen (secondary N) is 2. The van der Waals surface area contributed by atoms with Crippen molar-refractivity contribution in [2.75, 3.05) is 13.2 Å². The highest BCUT2D eigenvalue weighted by Gasteiger charge is 2.41. The van der Waals surface area contributed by atoms with Gasteiger partial charge in [0.15, 0.2) is 0 Å². The third-order valence-corrected chi connectivity index (χ3v) is 4.00. The molecule has 2 saturated heterocycles. The van der Waals surface area contributed by atoms with E-state index >= 15 is 0 Å². The summed E-state index contributed by atoms with van der Waals surface area (Å²) in [5.74, 6) is 0.817. The van der Waals surface area contributed by atoms with Gasteiger partial charge in [-0.25, -0.2) is 4.79 Å². The van der Waals surface area contributed by atoms with E-state index in [1.165, 1.54) is 0 Å². The SMILES string of the molecule is O=C(NCCCOCc1ccco1)NC1CC2CCC1O2. The van der Waals surface area contributed by atoms with Crippen LogP contribution in [0.4, 0.5) is 4.79 Å². The molecule has 0 saturated carbocycles. The van der Waals surface area contributed by atoms with Crippen molar-refractivity contribution >= 4 is 6.03 Å². The minimum Gasteiger partial charge on any atom is -0.467 e. The molecular weight excluding hydrogens is 272 g/mol. The van der Waals surface area contributed by atoms with E-state index in [4.69, 9.17) is 13.9 Å². The summed E-state index contributed by atoms with van der Waals surface area (Å²) >= 11 is 0. The van der Waals surface area contributed by atoms with E-state index in [2.05, 4.69) is 10.6 Å². The van der Waals surface area contributed by atoms with Crippen LogP contribution in [0.5, 0.6) is 0 Å². The molecular formula is C15H22N2O4. The van der Waals surface area contributed by atoms with Crippen molar-refractivity contribution in [2.24, 2.45) is 0 Å². The standard InChI is InChI=1S/C15H22N2O4/c18-15(17-13-9-11-4-5-14(13)21-11)16-6-2-7-19-10-12-3-1-8-20-12/h1,3,8,11,13-14H,2,4-7,9-10H2,(H2,16,17,18). The Hall–Kier alpha value is -1.53. The number of ether oxygens (including phenoxy) is 2. The lowest BCUT2D eigenvalue weighted by atomic mass is 9.96. The van der Waals surface area contributed by atoms with Gasteiger partial charge < -0.3 is 24.5 Å². The number of hydrogen-bond acceptors (Lipinski definition) is 4. The fourth-order valence-corrected chi connectivity index (χ4v) is 2.95. The first-order valence-electron chi connectivity index (χ1n) is 7.61. The molecule has 6 nitrogen and oxygen atoms in total. The third-order valence-electron chi connectivity index (χ3n) is 4.00. The van der Waals surface area contributed by atoms with Gasteiger partial charge in [-0.05, 0) is 37.8 Å². The molecule has 3 atom stereocenters. The van der Waals surface area contributed by atoms with Gasteiger partial charge in [0, 0.05) is 13.2 Å². The van der Waals surface area contributed by atoms with E-state index in [-0.39, 0.29) is 18.2 Å². The van der Waals surface area contributed by atoms with E-state index in [1.54, 1.807) is 6.26 Å². The molecule has 3 unspecified atom stereocenters. The third kappa shape index (κ3) is 3.98. The number of urea groups is 1. The van der Waals surface area contributed by atoms with Gasteiger partial charge in [-0.2, -0.15) is 0 Å². The number of furan rings is 1. The summed E-state index contributed by atoms with van der Waals surface area (Å²) in [6.45, 7) is 1.67. The molecule has 2 N–H and O–H groups in total. The largest absolute Gasteiger partial charge is 0.467 e. The molecule has 116 valence electrons. The van der Waals surface area contributed by atoms with Crippen LogP contribution in [0.1, 0.15) is 31.4 Å². The molecule has 0 aliphatic carbocycles. The fraction of sp³-hybridized carbons (Fsp3) is 0.667. The van der Waals surface area contributed by atoms with Gasteiger partial charge in [-0.15, -0.1) is 0 Å². The Morgan fingerprint density at radius 2 is 2.38 bits per heavy atom. The molecule has 2 aliphatic rings. The van der Waals surface area contributed by atoms with E-state index in [9.17, 15) is 4.79 Å². The molecule has 2 fully saturated rings. The fourth-order valence-electron chi connectivity index (χ4n) is 2.95. The Morgan fingerprint density at radius 3 is 3.10 bits per heavy atom. The van der Waals surface area contributed by atoms with Gasteiger partial charge in [0.05, 0.1) is 24.5 Å². The second kappa shape index (κ2) is 6.95. The van der Waals surface area contributed by atoms with E-state index < -0.39 is 0 Å². The van der Waals surface area contributed by atoms with Crippen LogP contribution < -0.4 is 10.6 Å². The summed E-state index contributed by atoms with van der Waals surface area (Å²) in [6, 6.07) is 3.79. The Bertz CT molecular complexity index is 449. The normalized spacial score (nSPS) is 27.0. The van der Waals surface area contributed by atoms with Crippen LogP contribution in [0.2, 0.25) is 0 Å². The first kappa shape index (κ1) is 14.4. The number of hydrogen-bond donors (Lipinski definition) is 2. The van der Waals surface area contributed by atoms with Crippen LogP contribution in [-0.2, 0) is 16.1 Å². The highest BCUT2D eigenvalue weighted by molar-refractivity contribution is 5.74. The van der Waals surface area contributed by atoms with Crippen LogP contribution in [0.25, 0.3) is 0 Å². The summed E-state index contributed by atoms with van der Waals surface area (Å²) < 4.78 is 16.3. The van der Waals surface area contributed by atoms with E-state index in [0.717, 1.165) is 31.4 Å². The molecule has 21 heavy (non-hydrogen) atoms. The van der Waals surface area contributed by atoms with Crippen molar-refractivity contribution in [3.63, 3.8) is 0 Å². The number of rotatable bonds is 7. The molecule has 0 aromatic carbocycles. The molecule has 2 bridgehead atoms. The van der Waals surface area contributed by atoms with Gasteiger partial charge in [-0.1, -0.05) is 0 Å². The van der Waals surface area contributed by atoms with Crippen molar-refractivity contribution in [3.05, 3.63) is 24.2 Å². The molecule has 2 aliphatic heterocycles. The maximum Gasteiger partial charge on any atom is 0.315 e. The Kier molecular flexibility index (Phi) is 4.77. The average molecular weight is 294 g/mol. The molecule has 6 heteroatoms. The second-order valence-electron chi connectivity index (χ2n) is 5.60.